The quantitative estimate of drug-likeness (QED) is 0.596. The number of rotatable bonds is 5. The molecule has 1 N–H and O–H groups in total. The maximum atomic E-state index is 14.2. The molecule has 0 aromatic heterocycles. The average Bonchev–Trinajstić information content (AvgIpc) is 3.38. The van der Waals surface area contributed by atoms with Crippen LogP contribution in [0.3, 0.4) is 0 Å². The first-order chi connectivity index (χ1) is 17.5. The molecule has 3 aliphatic heterocycles. The van der Waals surface area contributed by atoms with Crippen molar-refractivity contribution >= 4 is 40.7 Å². The van der Waals surface area contributed by atoms with Gasteiger partial charge in [-0.3, -0.25) is 14.4 Å². The van der Waals surface area contributed by atoms with Crippen LogP contribution in [0.2, 0.25) is 10.0 Å². The number of hydrogen-bond acceptors (Lipinski definition) is 6. The Bertz CT molecular complexity index is 1280. The Balaban J connectivity index is 1.33. The van der Waals surface area contributed by atoms with Gasteiger partial charge in [0.2, 0.25) is 0 Å². The Kier molecular flexibility index (Phi) is 6.59. The molecular weight excluding hydrogens is 538 g/mol. The van der Waals surface area contributed by atoms with Crippen LogP contribution in [0, 0.1) is 6.92 Å². The van der Waals surface area contributed by atoms with Crippen LogP contribution in [-0.4, -0.2) is 60.7 Å². The van der Waals surface area contributed by atoms with Crippen molar-refractivity contribution in [3.63, 3.8) is 0 Å². The molecule has 2 amide bonds. The van der Waals surface area contributed by atoms with Gasteiger partial charge in [0.1, 0.15) is 18.7 Å². The number of carbonyl (C=O) groups is 2. The van der Waals surface area contributed by atoms with Crippen LogP contribution in [0.4, 0.5) is 13.2 Å². The Morgan fingerprint density at radius 1 is 1.14 bits per heavy atom. The third-order valence-electron chi connectivity index (χ3n) is 6.47. The van der Waals surface area contributed by atoms with Gasteiger partial charge in [-0.15, -0.1) is 0 Å². The number of halogens is 5. The van der Waals surface area contributed by atoms with Crippen molar-refractivity contribution in [2.75, 3.05) is 19.8 Å². The van der Waals surface area contributed by atoms with Crippen molar-refractivity contribution in [2.45, 2.75) is 37.2 Å². The molecule has 8 nitrogen and oxygen atoms in total. The van der Waals surface area contributed by atoms with E-state index in [0.717, 1.165) is 12.1 Å². The van der Waals surface area contributed by atoms with Gasteiger partial charge in [-0.2, -0.15) is 13.2 Å². The minimum absolute atomic E-state index is 0.000602. The fraction of sp³-hybridized carbons (Fsp3) is 0.375. The normalized spacial score (nSPS) is 24.1. The van der Waals surface area contributed by atoms with E-state index in [2.05, 4.69) is 10.5 Å². The topological polar surface area (TPSA) is 89.5 Å². The number of hydrogen-bond donors (Lipinski definition) is 1. The van der Waals surface area contributed by atoms with Crippen LogP contribution in [0.5, 0.6) is 0 Å². The first-order valence-corrected chi connectivity index (χ1v) is 12.0. The number of aryl methyl sites for hydroxylation is 1. The lowest BCUT2D eigenvalue weighted by molar-refractivity contribution is -0.275. The Morgan fingerprint density at radius 3 is 2.43 bits per heavy atom. The average molecular weight is 558 g/mol. The summed E-state index contributed by atoms with van der Waals surface area (Å²) in [5.41, 5.74) is -1.91. The molecule has 0 radical (unpaired) electrons. The summed E-state index contributed by atoms with van der Waals surface area (Å²) in [7, 11) is 0. The minimum atomic E-state index is -4.82. The summed E-state index contributed by atoms with van der Waals surface area (Å²) in [6, 6.07) is 7.07. The van der Waals surface area contributed by atoms with Gasteiger partial charge in [0.15, 0.2) is 0 Å². The van der Waals surface area contributed by atoms with Crippen LogP contribution in [0.15, 0.2) is 41.6 Å². The third kappa shape index (κ3) is 4.65. The van der Waals surface area contributed by atoms with Gasteiger partial charge in [0, 0.05) is 27.6 Å². The van der Waals surface area contributed by atoms with E-state index in [1.165, 1.54) is 23.3 Å². The number of nitrogens with zero attached hydrogens (tertiary/aromatic N) is 2. The summed E-state index contributed by atoms with van der Waals surface area (Å²) < 4.78 is 47.8. The summed E-state index contributed by atoms with van der Waals surface area (Å²) >= 11 is 11.9. The Labute approximate surface area is 219 Å². The molecule has 2 fully saturated rings. The van der Waals surface area contributed by atoms with Crippen LogP contribution >= 0.6 is 23.2 Å². The van der Waals surface area contributed by atoms with Crippen molar-refractivity contribution in [1.82, 2.24) is 10.4 Å². The van der Waals surface area contributed by atoms with E-state index in [1.807, 2.05) is 0 Å². The molecule has 3 heterocycles. The second-order valence-electron chi connectivity index (χ2n) is 9.00. The van der Waals surface area contributed by atoms with E-state index >= 15 is 0 Å². The number of carbonyl (C=O) groups excluding carboxylic acids is 2. The molecule has 0 aliphatic carbocycles. The van der Waals surface area contributed by atoms with Crippen molar-refractivity contribution in [2.24, 2.45) is 5.16 Å². The molecule has 196 valence electrons. The lowest BCUT2D eigenvalue weighted by Crippen LogP contribution is -2.51. The Hall–Kier alpha value is -2.86. The Morgan fingerprint density at radius 2 is 1.84 bits per heavy atom. The van der Waals surface area contributed by atoms with Gasteiger partial charge >= 0.3 is 6.18 Å². The van der Waals surface area contributed by atoms with Crippen LogP contribution in [0.1, 0.15) is 33.5 Å². The second kappa shape index (κ2) is 9.46. The maximum Gasteiger partial charge on any atom is 0.435 e. The summed E-state index contributed by atoms with van der Waals surface area (Å²) in [4.78, 5) is 35.8. The van der Waals surface area contributed by atoms with Gasteiger partial charge in [0.05, 0.1) is 18.9 Å². The second-order valence-corrected chi connectivity index (χ2v) is 9.87. The monoisotopic (exact) mass is 557 g/mol. The molecule has 2 saturated heterocycles. The molecule has 5 rings (SSSR count). The molecule has 37 heavy (non-hydrogen) atoms. The minimum Gasteiger partial charge on any atom is -0.377 e. The smallest absolute Gasteiger partial charge is 0.377 e. The van der Waals surface area contributed by atoms with Crippen molar-refractivity contribution in [1.29, 1.82) is 0 Å². The zero-order valence-electron chi connectivity index (χ0n) is 19.3. The van der Waals surface area contributed by atoms with Crippen LogP contribution < -0.4 is 5.32 Å². The molecule has 3 aliphatic rings. The van der Waals surface area contributed by atoms with Gasteiger partial charge in [0.25, 0.3) is 17.4 Å². The summed E-state index contributed by atoms with van der Waals surface area (Å²) in [5.74, 6) is -0.876. The molecule has 0 bridgehead atoms. The summed E-state index contributed by atoms with van der Waals surface area (Å²) in [5, 5.41) is 7.68. The number of oxime groups is 1. The number of alkyl halides is 3. The van der Waals surface area contributed by atoms with Gasteiger partial charge in [-0.1, -0.05) is 34.4 Å². The standard InChI is InChI=1S/C24H20Cl2F3N3O5/c1-12-4-13(2-3-18(12)21(33)30-20-11-36-32(22(20)34)17-9-35-10-17)19-8-23(37-31-19,24(27,28)29)14-5-15(25)7-16(26)6-14/h2-7,17,20H,8-11H2,1H3,(H,30,33)/t20-,23?/m1/s1. The van der Waals surface area contributed by atoms with Crippen molar-refractivity contribution in [3.05, 3.63) is 68.7 Å². The van der Waals surface area contributed by atoms with E-state index in [9.17, 15) is 22.8 Å². The van der Waals surface area contributed by atoms with E-state index in [1.54, 1.807) is 13.0 Å². The van der Waals surface area contributed by atoms with E-state index in [4.69, 9.17) is 37.6 Å². The first-order valence-electron chi connectivity index (χ1n) is 11.2. The largest absolute Gasteiger partial charge is 0.435 e. The SMILES string of the molecule is Cc1cc(C2=NOC(c3cc(Cl)cc(Cl)c3)(C(F)(F)F)C2)ccc1C(=O)N[C@@H]1CON(C2COC2)C1=O. The number of amides is 2. The molecule has 0 spiro atoms. The fourth-order valence-corrected chi connectivity index (χ4v) is 4.90. The molecule has 2 aromatic carbocycles. The number of nitrogens with one attached hydrogen (secondary N) is 1. The van der Waals surface area contributed by atoms with E-state index in [-0.39, 0.29) is 45.4 Å². The number of benzene rings is 2. The van der Waals surface area contributed by atoms with E-state index in [0.29, 0.717) is 24.3 Å². The maximum absolute atomic E-state index is 14.2. The lowest BCUT2D eigenvalue weighted by atomic mass is 9.86. The third-order valence-corrected chi connectivity index (χ3v) is 6.91. The van der Waals surface area contributed by atoms with Gasteiger partial charge in [-0.05, 0) is 48.4 Å². The zero-order valence-corrected chi connectivity index (χ0v) is 20.8. The summed E-state index contributed by atoms with van der Waals surface area (Å²) in [6.07, 6.45) is -5.44. The highest BCUT2D eigenvalue weighted by molar-refractivity contribution is 6.34. The highest BCUT2D eigenvalue weighted by atomic mass is 35.5. The molecule has 2 aromatic rings. The van der Waals surface area contributed by atoms with Crippen LogP contribution in [0.25, 0.3) is 0 Å². The van der Waals surface area contributed by atoms with Gasteiger partial charge < -0.3 is 14.9 Å². The lowest BCUT2D eigenvalue weighted by Gasteiger charge is -2.32. The van der Waals surface area contributed by atoms with Crippen molar-refractivity contribution in [3.8, 4) is 0 Å². The molecule has 2 atom stereocenters. The predicted molar refractivity (Wildman–Crippen MR) is 126 cm³/mol. The van der Waals surface area contributed by atoms with Gasteiger partial charge in [-0.25, -0.2) is 5.06 Å². The molecular formula is C24H20Cl2F3N3O5. The van der Waals surface area contributed by atoms with Crippen LogP contribution in [-0.2, 0) is 24.8 Å². The van der Waals surface area contributed by atoms with Crippen molar-refractivity contribution < 1.29 is 37.2 Å². The zero-order chi connectivity index (χ0) is 26.5. The summed E-state index contributed by atoms with van der Waals surface area (Å²) in [6.45, 7) is 2.38. The number of hydroxylamine groups is 2. The highest BCUT2D eigenvalue weighted by Crippen LogP contribution is 2.49. The molecule has 13 heteroatoms. The molecule has 1 unspecified atom stereocenters. The first kappa shape index (κ1) is 25.8. The number of ether oxygens (including phenoxy) is 1. The fourth-order valence-electron chi connectivity index (χ4n) is 4.37. The highest BCUT2D eigenvalue weighted by Gasteiger charge is 2.62. The predicted octanol–water partition coefficient (Wildman–Crippen LogP) is 4.16. The van der Waals surface area contributed by atoms with E-state index < -0.39 is 30.1 Å². The molecule has 0 saturated carbocycles.